The zero-order valence-corrected chi connectivity index (χ0v) is 9.68. The van der Waals surface area contributed by atoms with Crippen molar-refractivity contribution >= 4 is 17.3 Å². The summed E-state index contributed by atoms with van der Waals surface area (Å²) in [4.78, 5) is 12.3. The molecular weight excluding hydrogens is 239 g/mol. The fourth-order valence-electron chi connectivity index (χ4n) is 2.18. The van der Waals surface area contributed by atoms with Gasteiger partial charge < -0.3 is 5.11 Å². The predicted molar refractivity (Wildman–Crippen MR) is 63.3 cm³/mol. The first-order chi connectivity index (χ1) is 8.13. The highest BCUT2D eigenvalue weighted by molar-refractivity contribution is 7.14. The molecule has 0 fully saturated rings. The van der Waals surface area contributed by atoms with Crippen molar-refractivity contribution in [3.8, 4) is 0 Å². The van der Waals surface area contributed by atoms with E-state index in [2.05, 4.69) is 0 Å². The molecule has 0 amide bonds. The van der Waals surface area contributed by atoms with E-state index in [-0.39, 0.29) is 5.82 Å². The monoisotopic (exact) mass is 248 g/mol. The third-order valence-corrected chi connectivity index (χ3v) is 4.17. The summed E-state index contributed by atoms with van der Waals surface area (Å²) >= 11 is 1.32. The smallest absolute Gasteiger partial charge is 0.345 e. The van der Waals surface area contributed by atoms with Crippen molar-refractivity contribution in [1.29, 1.82) is 0 Å². The number of aromatic carboxylic acids is 1. The quantitative estimate of drug-likeness (QED) is 0.718. The van der Waals surface area contributed by atoms with Gasteiger partial charge in [0.25, 0.3) is 0 Å². The summed E-state index contributed by atoms with van der Waals surface area (Å²) < 4.78 is 13.1. The summed E-state index contributed by atoms with van der Waals surface area (Å²) in [6.45, 7) is 0. The first-order valence-electron chi connectivity index (χ1n) is 5.25. The lowest BCUT2D eigenvalue weighted by atomic mass is 9.91. The second kappa shape index (κ2) is 3.67. The van der Waals surface area contributed by atoms with Gasteiger partial charge in [0, 0.05) is 11.3 Å². The van der Waals surface area contributed by atoms with Crippen LogP contribution in [0, 0.1) is 5.82 Å². The van der Waals surface area contributed by atoms with Gasteiger partial charge in [-0.3, -0.25) is 0 Å². The van der Waals surface area contributed by atoms with Crippen LogP contribution >= 0.6 is 11.3 Å². The van der Waals surface area contributed by atoms with Crippen molar-refractivity contribution in [2.45, 2.75) is 12.8 Å². The zero-order chi connectivity index (χ0) is 12.0. The van der Waals surface area contributed by atoms with Crippen LogP contribution in [0.1, 0.15) is 31.2 Å². The molecule has 17 heavy (non-hydrogen) atoms. The summed E-state index contributed by atoms with van der Waals surface area (Å²) in [7, 11) is 0. The fraction of sp³-hybridized carbons (Fsp3) is 0.154. The third-order valence-electron chi connectivity index (χ3n) is 3.01. The first kappa shape index (κ1) is 10.5. The molecular formula is C13H9FO2S. The van der Waals surface area contributed by atoms with Crippen LogP contribution in [0.3, 0.4) is 0 Å². The number of thiophene rings is 1. The maximum atomic E-state index is 13.1. The molecule has 1 aliphatic carbocycles. The van der Waals surface area contributed by atoms with E-state index in [1.807, 2.05) is 0 Å². The summed E-state index contributed by atoms with van der Waals surface area (Å²) in [5.74, 6) is -1.12. The Morgan fingerprint density at radius 3 is 2.76 bits per heavy atom. The Bertz CT molecular complexity index is 616. The molecule has 0 unspecified atom stereocenters. The molecule has 0 atom stereocenters. The van der Waals surface area contributed by atoms with Gasteiger partial charge in [-0.1, -0.05) is 6.07 Å². The molecule has 3 rings (SSSR count). The lowest BCUT2D eigenvalue weighted by Gasteiger charge is -2.15. The van der Waals surface area contributed by atoms with Gasteiger partial charge >= 0.3 is 5.97 Å². The normalized spacial score (nSPS) is 13.0. The number of fused-ring (bicyclic) bond motifs is 2. The van der Waals surface area contributed by atoms with Crippen LogP contribution < -0.4 is 0 Å². The highest BCUT2D eigenvalue weighted by Gasteiger charge is 2.20. The number of hydrogen-bond acceptors (Lipinski definition) is 2. The highest BCUT2D eigenvalue weighted by atomic mass is 32.1. The summed E-state index contributed by atoms with van der Waals surface area (Å²) in [5, 5.41) is 8.95. The Hall–Kier alpha value is -1.68. The molecule has 0 saturated heterocycles. The third kappa shape index (κ3) is 1.74. The van der Waals surface area contributed by atoms with Gasteiger partial charge in [0.05, 0.1) is 0 Å². The van der Waals surface area contributed by atoms with Crippen molar-refractivity contribution in [3.05, 3.63) is 56.5 Å². The van der Waals surface area contributed by atoms with Gasteiger partial charge in [-0.05, 0) is 41.3 Å². The average Bonchev–Trinajstić information content (AvgIpc) is 2.68. The predicted octanol–water partition coefficient (Wildman–Crippen LogP) is 3.08. The van der Waals surface area contributed by atoms with Crippen molar-refractivity contribution < 1.29 is 14.3 Å². The number of rotatable bonds is 1. The van der Waals surface area contributed by atoms with Gasteiger partial charge in [-0.15, -0.1) is 11.3 Å². The van der Waals surface area contributed by atoms with Crippen LogP contribution in [0.15, 0.2) is 24.3 Å². The number of carbonyl (C=O) groups is 1. The maximum absolute atomic E-state index is 13.1. The van der Waals surface area contributed by atoms with Crippen molar-refractivity contribution in [2.75, 3.05) is 0 Å². The van der Waals surface area contributed by atoms with E-state index < -0.39 is 5.97 Å². The van der Waals surface area contributed by atoms with Crippen LogP contribution in [-0.2, 0) is 12.8 Å². The Balaban J connectivity index is 2.05. The number of halogens is 1. The van der Waals surface area contributed by atoms with Crippen LogP contribution in [-0.4, -0.2) is 11.1 Å². The molecule has 0 aliphatic heterocycles. The van der Waals surface area contributed by atoms with E-state index in [0.717, 1.165) is 21.6 Å². The molecule has 0 spiro atoms. The Morgan fingerprint density at radius 2 is 2.00 bits per heavy atom. The van der Waals surface area contributed by atoms with E-state index in [9.17, 15) is 9.18 Å². The molecule has 1 N–H and O–H groups in total. The van der Waals surface area contributed by atoms with Crippen molar-refractivity contribution in [1.82, 2.24) is 0 Å². The van der Waals surface area contributed by atoms with Gasteiger partial charge in [-0.25, -0.2) is 9.18 Å². The molecule has 4 heteroatoms. The van der Waals surface area contributed by atoms with E-state index in [1.165, 1.54) is 23.5 Å². The number of carboxylic acid groups (broad SMARTS) is 1. The minimum absolute atomic E-state index is 0.235. The van der Waals surface area contributed by atoms with Crippen LogP contribution in [0.4, 0.5) is 4.39 Å². The summed E-state index contributed by atoms with van der Waals surface area (Å²) in [6, 6.07) is 6.48. The minimum atomic E-state index is -0.889. The van der Waals surface area contributed by atoms with Gasteiger partial charge in [0.15, 0.2) is 0 Å². The molecule has 1 aromatic heterocycles. The average molecular weight is 248 g/mol. The van der Waals surface area contributed by atoms with Gasteiger partial charge in [0.2, 0.25) is 0 Å². The van der Waals surface area contributed by atoms with Gasteiger partial charge in [-0.2, -0.15) is 0 Å². The lowest BCUT2D eigenvalue weighted by molar-refractivity contribution is 0.0702. The molecule has 86 valence electrons. The standard InChI is InChI=1S/C13H9FO2S/c14-10-2-1-7-5-11-9(3-8(7)4-10)6-12(17-11)13(15)16/h1-2,4,6H,3,5H2,(H,15,16). The SMILES string of the molecule is O=C(O)c1cc2c(s1)Cc1ccc(F)cc1C2. The Kier molecular flexibility index (Phi) is 2.26. The Labute approximate surface area is 101 Å². The van der Waals surface area contributed by atoms with Crippen LogP contribution in [0.2, 0.25) is 0 Å². The minimum Gasteiger partial charge on any atom is -0.477 e. The molecule has 1 heterocycles. The van der Waals surface area contributed by atoms with Gasteiger partial charge in [0.1, 0.15) is 10.7 Å². The Morgan fingerprint density at radius 1 is 1.18 bits per heavy atom. The number of carboxylic acids is 1. The van der Waals surface area contributed by atoms with Crippen LogP contribution in [0.25, 0.3) is 0 Å². The number of benzene rings is 1. The molecule has 0 saturated carbocycles. The molecule has 0 radical (unpaired) electrons. The zero-order valence-electron chi connectivity index (χ0n) is 8.87. The maximum Gasteiger partial charge on any atom is 0.345 e. The first-order valence-corrected chi connectivity index (χ1v) is 6.07. The second-order valence-corrected chi connectivity index (χ2v) is 5.27. The molecule has 1 aliphatic rings. The number of hydrogen-bond donors (Lipinski definition) is 1. The topological polar surface area (TPSA) is 37.3 Å². The molecule has 1 aromatic carbocycles. The fourth-order valence-corrected chi connectivity index (χ4v) is 3.22. The molecule has 2 nitrogen and oxygen atoms in total. The summed E-state index contributed by atoms with van der Waals surface area (Å²) in [6.07, 6.45) is 1.34. The molecule has 0 bridgehead atoms. The van der Waals surface area contributed by atoms with Crippen molar-refractivity contribution in [2.24, 2.45) is 0 Å². The van der Waals surface area contributed by atoms with E-state index in [4.69, 9.17) is 5.11 Å². The largest absolute Gasteiger partial charge is 0.477 e. The van der Waals surface area contributed by atoms with E-state index >= 15 is 0 Å². The lowest BCUT2D eigenvalue weighted by Crippen LogP contribution is -2.04. The van der Waals surface area contributed by atoms with E-state index in [0.29, 0.717) is 17.7 Å². The molecule has 2 aromatic rings. The highest BCUT2D eigenvalue weighted by Crippen LogP contribution is 2.33. The summed E-state index contributed by atoms with van der Waals surface area (Å²) in [5.41, 5.74) is 3.08. The van der Waals surface area contributed by atoms with Crippen LogP contribution in [0.5, 0.6) is 0 Å². The second-order valence-electron chi connectivity index (χ2n) is 4.13. The van der Waals surface area contributed by atoms with Crippen molar-refractivity contribution in [3.63, 3.8) is 0 Å². The van der Waals surface area contributed by atoms with E-state index in [1.54, 1.807) is 12.1 Å².